The molecule has 0 aliphatic carbocycles. The molecule has 2 aromatic carbocycles. The number of hydrogen-bond acceptors (Lipinski definition) is 6. The number of nitrogens with zero attached hydrogens (tertiary/aromatic N) is 2. The number of thiocarbonyl (C=S) groups is 1. The molecule has 3 aromatic rings. The molecule has 1 fully saturated rings. The summed E-state index contributed by atoms with van der Waals surface area (Å²) in [6, 6.07) is 19.8. The van der Waals surface area contributed by atoms with E-state index < -0.39 is 0 Å². The van der Waals surface area contributed by atoms with E-state index in [0.29, 0.717) is 15.0 Å². The average Bonchev–Trinajstić information content (AvgIpc) is 3.27. The van der Waals surface area contributed by atoms with Crippen molar-refractivity contribution in [1.82, 2.24) is 0 Å². The number of amides is 1. The Balaban J connectivity index is 1.50. The number of furan rings is 1. The molecular weight excluding hydrogens is 432 g/mol. The number of rotatable bonds is 5. The van der Waals surface area contributed by atoms with Crippen LogP contribution in [0.3, 0.4) is 0 Å². The molecule has 4 rings (SSSR count). The Morgan fingerprint density at radius 3 is 2.40 bits per heavy atom. The predicted octanol–water partition coefficient (Wildman–Crippen LogP) is 6.21. The van der Waals surface area contributed by atoms with Gasteiger partial charge in [0, 0.05) is 30.8 Å². The first-order chi connectivity index (χ1) is 14.4. The van der Waals surface area contributed by atoms with Crippen LogP contribution >= 0.6 is 35.7 Å². The van der Waals surface area contributed by atoms with Gasteiger partial charge in [-0.2, -0.15) is 0 Å². The van der Waals surface area contributed by atoms with Crippen molar-refractivity contribution < 1.29 is 9.21 Å². The minimum atomic E-state index is -0.133. The molecule has 0 saturated carbocycles. The Morgan fingerprint density at radius 1 is 1.03 bits per heavy atom. The predicted molar refractivity (Wildman–Crippen MR) is 130 cm³/mol. The van der Waals surface area contributed by atoms with Crippen molar-refractivity contribution in [3.05, 3.63) is 76.9 Å². The molecule has 2 heterocycles. The zero-order valence-corrected chi connectivity index (χ0v) is 19.2. The van der Waals surface area contributed by atoms with E-state index in [4.69, 9.17) is 16.6 Å². The Morgan fingerprint density at radius 2 is 1.73 bits per heavy atom. The Hall–Kier alpha value is -2.48. The molecule has 1 aromatic heterocycles. The van der Waals surface area contributed by atoms with Crippen molar-refractivity contribution in [2.45, 2.75) is 16.9 Å². The topological polar surface area (TPSA) is 36.7 Å². The monoisotopic (exact) mass is 452 g/mol. The van der Waals surface area contributed by atoms with Crippen LogP contribution in [0.1, 0.15) is 11.3 Å². The summed E-state index contributed by atoms with van der Waals surface area (Å²) in [6.45, 7) is 2.06. The normalized spacial score (nSPS) is 15.3. The van der Waals surface area contributed by atoms with E-state index in [1.807, 2.05) is 55.4 Å². The smallest absolute Gasteiger partial charge is 0.270 e. The van der Waals surface area contributed by atoms with Crippen LogP contribution in [0.25, 0.3) is 6.08 Å². The van der Waals surface area contributed by atoms with E-state index in [9.17, 15) is 4.79 Å². The lowest BCUT2D eigenvalue weighted by atomic mass is 10.2. The summed E-state index contributed by atoms with van der Waals surface area (Å²) in [5, 5.41) is 0.778. The van der Waals surface area contributed by atoms with Crippen molar-refractivity contribution in [1.29, 1.82) is 0 Å². The first-order valence-corrected chi connectivity index (χ1v) is 11.3. The van der Waals surface area contributed by atoms with Crippen molar-refractivity contribution in [3.63, 3.8) is 0 Å². The molecule has 1 aliphatic rings. The molecule has 0 N–H and O–H groups in total. The van der Waals surface area contributed by atoms with Crippen LogP contribution in [0.4, 0.5) is 11.4 Å². The fourth-order valence-corrected chi connectivity index (χ4v) is 4.97. The summed E-state index contributed by atoms with van der Waals surface area (Å²) in [6.07, 6.45) is 1.76. The maximum absolute atomic E-state index is 13.0. The molecule has 0 spiro atoms. The SMILES string of the molecule is Cc1ccc(Sc2ccc(/C=C3\SC(=S)N(c4ccc(N(C)C)cc4)C3=O)o2)cc1. The first kappa shape index (κ1) is 20.8. The van der Waals surface area contributed by atoms with Crippen molar-refractivity contribution >= 4 is 63.4 Å². The lowest BCUT2D eigenvalue weighted by Gasteiger charge is -2.17. The standard InChI is InChI=1S/C23H20N2O2S3/c1-15-4-11-19(12-5-15)29-21-13-10-18(27-21)14-20-22(26)25(23(28)30-20)17-8-6-16(7-9-17)24(2)3/h4-14H,1-3H3/b20-14-. The van der Waals surface area contributed by atoms with Gasteiger partial charge in [0.25, 0.3) is 5.91 Å². The first-order valence-electron chi connectivity index (χ1n) is 9.30. The molecule has 0 bridgehead atoms. The van der Waals surface area contributed by atoms with Gasteiger partial charge in [-0.3, -0.25) is 9.69 Å². The highest BCUT2D eigenvalue weighted by atomic mass is 32.2. The van der Waals surface area contributed by atoms with Gasteiger partial charge in [0.2, 0.25) is 0 Å². The highest BCUT2D eigenvalue weighted by Gasteiger charge is 2.33. The third-order valence-electron chi connectivity index (χ3n) is 4.53. The average molecular weight is 453 g/mol. The van der Waals surface area contributed by atoms with E-state index in [2.05, 4.69) is 31.2 Å². The van der Waals surface area contributed by atoms with Crippen LogP contribution in [-0.4, -0.2) is 24.3 Å². The summed E-state index contributed by atoms with van der Waals surface area (Å²) >= 11 is 8.30. The second kappa shape index (κ2) is 8.71. The lowest BCUT2D eigenvalue weighted by Crippen LogP contribution is -2.27. The van der Waals surface area contributed by atoms with Gasteiger partial charge < -0.3 is 9.32 Å². The Labute approximate surface area is 189 Å². The summed E-state index contributed by atoms with van der Waals surface area (Å²) in [5.41, 5.74) is 3.05. The summed E-state index contributed by atoms with van der Waals surface area (Å²) in [7, 11) is 3.96. The highest BCUT2D eigenvalue weighted by Crippen LogP contribution is 2.37. The summed E-state index contributed by atoms with van der Waals surface area (Å²) in [5.74, 6) is 0.500. The zero-order chi connectivity index (χ0) is 21.3. The van der Waals surface area contributed by atoms with Crippen molar-refractivity contribution in [2.24, 2.45) is 0 Å². The van der Waals surface area contributed by atoms with E-state index in [1.54, 1.807) is 22.7 Å². The second-order valence-electron chi connectivity index (χ2n) is 7.00. The van der Waals surface area contributed by atoms with Crippen LogP contribution in [0.2, 0.25) is 0 Å². The largest absolute Gasteiger partial charge is 0.450 e. The van der Waals surface area contributed by atoms with Crippen LogP contribution in [-0.2, 0) is 4.79 Å². The van der Waals surface area contributed by atoms with Crippen LogP contribution < -0.4 is 9.80 Å². The molecule has 1 amide bonds. The Bertz CT molecular complexity index is 1120. The summed E-state index contributed by atoms with van der Waals surface area (Å²) in [4.78, 5) is 18.2. The minimum Gasteiger partial charge on any atom is -0.450 e. The summed E-state index contributed by atoms with van der Waals surface area (Å²) < 4.78 is 6.42. The van der Waals surface area contributed by atoms with E-state index in [-0.39, 0.29) is 5.91 Å². The van der Waals surface area contributed by atoms with Gasteiger partial charge in [-0.25, -0.2) is 0 Å². The van der Waals surface area contributed by atoms with Gasteiger partial charge in [0.1, 0.15) is 5.76 Å². The number of anilines is 2. The van der Waals surface area contributed by atoms with Crippen LogP contribution in [0.15, 0.2) is 80.0 Å². The van der Waals surface area contributed by atoms with Gasteiger partial charge in [-0.15, -0.1) is 0 Å². The maximum Gasteiger partial charge on any atom is 0.270 e. The fraction of sp³-hybridized carbons (Fsp3) is 0.130. The zero-order valence-electron chi connectivity index (χ0n) is 16.8. The number of carbonyl (C=O) groups is 1. The van der Waals surface area contributed by atoms with Crippen LogP contribution in [0.5, 0.6) is 0 Å². The van der Waals surface area contributed by atoms with Crippen molar-refractivity contribution in [3.8, 4) is 0 Å². The van der Waals surface area contributed by atoms with Gasteiger partial charge >= 0.3 is 0 Å². The van der Waals surface area contributed by atoms with E-state index in [0.717, 1.165) is 21.4 Å². The van der Waals surface area contributed by atoms with Gasteiger partial charge in [0.05, 0.1) is 10.6 Å². The van der Waals surface area contributed by atoms with E-state index >= 15 is 0 Å². The molecule has 4 nitrogen and oxygen atoms in total. The van der Waals surface area contributed by atoms with Crippen LogP contribution in [0, 0.1) is 6.92 Å². The third kappa shape index (κ3) is 4.48. The number of thioether (sulfide) groups is 1. The van der Waals surface area contributed by atoms with Crippen molar-refractivity contribution in [2.75, 3.05) is 23.9 Å². The molecule has 0 unspecified atom stereocenters. The molecule has 0 atom stereocenters. The molecule has 1 aliphatic heterocycles. The van der Waals surface area contributed by atoms with Gasteiger partial charge in [-0.1, -0.05) is 53.4 Å². The maximum atomic E-state index is 13.0. The third-order valence-corrected chi connectivity index (χ3v) is 6.76. The molecule has 7 heteroatoms. The van der Waals surface area contributed by atoms with E-state index in [1.165, 1.54) is 17.3 Å². The molecule has 0 radical (unpaired) electrons. The molecule has 152 valence electrons. The van der Waals surface area contributed by atoms with Gasteiger partial charge in [0.15, 0.2) is 9.41 Å². The highest BCUT2D eigenvalue weighted by molar-refractivity contribution is 8.27. The molecule has 30 heavy (non-hydrogen) atoms. The molecular formula is C23H20N2O2S3. The number of hydrogen-bond donors (Lipinski definition) is 0. The minimum absolute atomic E-state index is 0.133. The molecule has 1 saturated heterocycles. The Kier molecular flexibility index (Phi) is 6.04. The number of benzene rings is 2. The lowest BCUT2D eigenvalue weighted by molar-refractivity contribution is -0.113. The quantitative estimate of drug-likeness (QED) is 0.338. The number of carbonyl (C=O) groups excluding carboxylic acids is 1. The second-order valence-corrected chi connectivity index (χ2v) is 9.75. The number of aryl methyl sites for hydroxylation is 1. The fourth-order valence-electron chi connectivity index (χ4n) is 2.91. The van der Waals surface area contributed by atoms with Gasteiger partial charge in [-0.05, 0) is 55.5 Å².